The van der Waals surface area contributed by atoms with Gasteiger partial charge in [0.25, 0.3) is 5.91 Å². The number of aryl methyl sites for hydroxylation is 2. The van der Waals surface area contributed by atoms with Crippen LogP contribution in [0.15, 0.2) is 18.5 Å². The summed E-state index contributed by atoms with van der Waals surface area (Å²) < 4.78 is 3.82. The minimum atomic E-state index is -0.386. The molecule has 3 rings (SSSR count). The highest BCUT2D eigenvalue weighted by atomic mass is 16.2. The third-order valence-electron chi connectivity index (χ3n) is 5.25. The van der Waals surface area contributed by atoms with Gasteiger partial charge in [-0.15, -0.1) is 0 Å². The zero-order valence-corrected chi connectivity index (χ0v) is 15.2. The van der Waals surface area contributed by atoms with E-state index in [-0.39, 0.29) is 23.7 Å². The molecule has 0 unspecified atom stereocenters. The van der Waals surface area contributed by atoms with Crippen LogP contribution in [0.1, 0.15) is 40.2 Å². The summed E-state index contributed by atoms with van der Waals surface area (Å²) in [4.78, 5) is 26.7. The summed E-state index contributed by atoms with van der Waals surface area (Å²) >= 11 is 0. The summed E-state index contributed by atoms with van der Waals surface area (Å²) in [6, 6.07) is 1.93. The molecule has 2 amide bonds. The highest BCUT2D eigenvalue weighted by Crippen LogP contribution is 2.33. The number of hydrogen-bond acceptors (Lipinski definition) is 3. The third kappa shape index (κ3) is 2.94. The Morgan fingerprint density at radius 2 is 2.04 bits per heavy atom. The SMILES string of the molecule is CCn1c(C)cc(C(=O)N2C[C@H](C(N)=O)[C@@H](c3cnn(C)c3)C2)c1C. The van der Waals surface area contributed by atoms with Gasteiger partial charge in [0.1, 0.15) is 0 Å². The standard InChI is InChI=1S/C18H25N5O2/c1-5-23-11(2)6-14(12(23)3)18(25)22-9-15(16(10-22)17(19)24)13-7-20-21(4)8-13/h6-8,15-16H,5,9-10H2,1-4H3,(H2,19,24)/t15-,16+/m1/s1. The van der Waals surface area contributed by atoms with Crippen LogP contribution in [-0.4, -0.2) is 44.2 Å². The Labute approximate surface area is 147 Å². The molecule has 0 spiro atoms. The Kier molecular flexibility index (Phi) is 4.41. The number of rotatable bonds is 4. The second-order valence-electron chi connectivity index (χ2n) is 6.80. The molecule has 0 saturated carbocycles. The van der Waals surface area contributed by atoms with Gasteiger partial charge in [-0.05, 0) is 32.4 Å². The van der Waals surface area contributed by atoms with Gasteiger partial charge in [0.2, 0.25) is 5.91 Å². The molecule has 2 aromatic heterocycles. The van der Waals surface area contributed by atoms with E-state index in [1.54, 1.807) is 15.8 Å². The van der Waals surface area contributed by atoms with Gasteiger partial charge in [0.05, 0.1) is 17.7 Å². The number of aromatic nitrogens is 3. The van der Waals surface area contributed by atoms with Gasteiger partial charge in [-0.1, -0.05) is 0 Å². The smallest absolute Gasteiger partial charge is 0.255 e. The zero-order chi connectivity index (χ0) is 18.3. The van der Waals surface area contributed by atoms with E-state index < -0.39 is 0 Å². The first-order chi connectivity index (χ1) is 11.8. The van der Waals surface area contributed by atoms with E-state index >= 15 is 0 Å². The Bertz CT molecular complexity index is 820. The van der Waals surface area contributed by atoms with Crippen LogP contribution in [0.5, 0.6) is 0 Å². The van der Waals surface area contributed by atoms with Crippen LogP contribution in [0.3, 0.4) is 0 Å². The van der Waals surface area contributed by atoms with Crippen LogP contribution in [0.25, 0.3) is 0 Å². The van der Waals surface area contributed by atoms with Crippen molar-refractivity contribution in [3.63, 3.8) is 0 Å². The summed E-state index contributed by atoms with van der Waals surface area (Å²) in [6.07, 6.45) is 3.63. The molecule has 1 saturated heterocycles. The fourth-order valence-corrected chi connectivity index (χ4v) is 3.90. The first-order valence-electron chi connectivity index (χ1n) is 8.57. The largest absolute Gasteiger partial charge is 0.369 e. The quantitative estimate of drug-likeness (QED) is 0.905. The fourth-order valence-electron chi connectivity index (χ4n) is 3.90. The van der Waals surface area contributed by atoms with Crippen LogP contribution in [0.2, 0.25) is 0 Å². The van der Waals surface area contributed by atoms with E-state index in [0.717, 1.165) is 23.5 Å². The van der Waals surface area contributed by atoms with E-state index in [4.69, 9.17) is 5.73 Å². The first-order valence-corrected chi connectivity index (χ1v) is 8.57. The number of hydrogen-bond donors (Lipinski definition) is 1. The number of nitrogens with two attached hydrogens (primary N) is 1. The predicted molar refractivity (Wildman–Crippen MR) is 94.1 cm³/mol. The van der Waals surface area contributed by atoms with Crippen molar-refractivity contribution in [3.8, 4) is 0 Å². The van der Waals surface area contributed by atoms with E-state index in [9.17, 15) is 9.59 Å². The Morgan fingerprint density at radius 1 is 1.32 bits per heavy atom. The fraction of sp³-hybridized carbons (Fsp3) is 0.500. The van der Waals surface area contributed by atoms with Crippen LogP contribution >= 0.6 is 0 Å². The molecule has 134 valence electrons. The lowest BCUT2D eigenvalue weighted by Crippen LogP contribution is -2.32. The number of carbonyl (C=O) groups excluding carboxylic acids is 2. The minimum Gasteiger partial charge on any atom is -0.369 e. The summed E-state index contributed by atoms with van der Waals surface area (Å²) in [5.74, 6) is -0.902. The lowest BCUT2D eigenvalue weighted by Gasteiger charge is -2.16. The Balaban J connectivity index is 1.88. The van der Waals surface area contributed by atoms with Crippen LogP contribution in [0, 0.1) is 19.8 Å². The highest BCUT2D eigenvalue weighted by molar-refractivity contribution is 5.96. The molecule has 3 heterocycles. The van der Waals surface area contributed by atoms with E-state index in [1.807, 2.05) is 33.2 Å². The maximum atomic E-state index is 13.0. The van der Waals surface area contributed by atoms with Gasteiger partial charge >= 0.3 is 0 Å². The van der Waals surface area contributed by atoms with Crippen molar-refractivity contribution < 1.29 is 9.59 Å². The maximum Gasteiger partial charge on any atom is 0.255 e. The number of carbonyl (C=O) groups is 2. The van der Waals surface area contributed by atoms with E-state index in [0.29, 0.717) is 18.7 Å². The molecule has 7 heteroatoms. The molecule has 0 bridgehead atoms. The monoisotopic (exact) mass is 343 g/mol. The van der Waals surface area contributed by atoms with Crippen LogP contribution < -0.4 is 5.73 Å². The van der Waals surface area contributed by atoms with Crippen molar-refractivity contribution in [2.24, 2.45) is 18.7 Å². The number of amides is 2. The summed E-state index contributed by atoms with van der Waals surface area (Å²) in [5.41, 5.74) is 9.28. The third-order valence-corrected chi connectivity index (χ3v) is 5.25. The molecule has 0 aromatic carbocycles. The van der Waals surface area contributed by atoms with Gasteiger partial charge in [-0.2, -0.15) is 5.10 Å². The van der Waals surface area contributed by atoms with Crippen LogP contribution in [-0.2, 0) is 18.4 Å². The lowest BCUT2D eigenvalue weighted by atomic mass is 9.90. The second kappa shape index (κ2) is 6.38. The molecule has 2 atom stereocenters. The minimum absolute atomic E-state index is 0.0366. The molecule has 2 aromatic rings. The second-order valence-corrected chi connectivity index (χ2v) is 6.80. The highest BCUT2D eigenvalue weighted by Gasteiger charge is 2.40. The number of likely N-dealkylation sites (tertiary alicyclic amines) is 1. The predicted octanol–water partition coefficient (Wildman–Crippen LogP) is 1.20. The van der Waals surface area contributed by atoms with Crippen LogP contribution in [0.4, 0.5) is 0 Å². The van der Waals surface area contributed by atoms with Crippen molar-refractivity contribution in [2.45, 2.75) is 33.2 Å². The zero-order valence-electron chi connectivity index (χ0n) is 15.2. The number of primary amides is 1. The average Bonchev–Trinajstić information content (AvgIpc) is 3.24. The first kappa shape index (κ1) is 17.3. The molecule has 0 aliphatic carbocycles. The molecular formula is C18H25N5O2. The van der Waals surface area contributed by atoms with Crippen molar-refractivity contribution in [1.82, 2.24) is 19.2 Å². The molecule has 25 heavy (non-hydrogen) atoms. The van der Waals surface area contributed by atoms with Gasteiger partial charge in [-0.25, -0.2) is 0 Å². The Morgan fingerprint density at radius 3 is 2.56 bits per heavy atom. The Hall–Kier alpha value is -2.57. The van der Waals surface area contributed by atoms with E-state index in [1.165, 1.54) is 0 Å². The molecule has 1 fully saturated rings. The maximum absolute atomic E-state index is 13.0. The molecule has 2 N–H and O–H groups in total. The van der Waals surface area contributed by atoms with Gasteiger partial charge in [0.15, 0.2) is 0 Å². The average molecular weight is 343 g/mol. The normalized spacial score (nSPS) is 20.2. The molecule has 7 nitrogen and oxygen atoms in total. The van der Waals surface area contributed by atoms with Crippen molar-refractivity contribution in [3.05, 3.63) is 41.0 Å². The van der Waals surface area contributed by atoms with Crippen molar-refractivity contribution >= 4 is 11.8 Å². The summed E-state index contributed by atoms with van der Waals surface area (Å²) in [5, 5.41) is 4.18. The van der Waals surface area contributed by atoms with Gasteiger partial charge in [-0.3, -0.25) is 14.3 Å². The van der Waals surface area contributed by atoms with Crippen molar-refractivity contribution in [2.75, 3.05) is 13.1 Å². The summed E-state index contributed by atoms with van der Waals surface area (Å²) in [7, 11) is 1.83. The van der Waals surface area contributed by atoms with Crippen molar-refractivity contribution in [1.29, 1.82) is 0 Å². The van der Waals surface area contributed by atoms with Gasteiger partial charge in [0, 0.05) is 50.2 Å². The molecule has 1 aliphatic heterocycles. The molecule has 0 radical (unpaired) electrons. The van der Waals surface area contributed by atoms with E-state index in [2.05, 4.69) is 16.6 Å². The number of nitrogens with zero attached hydrogens (tertiary/aromatic N) is 4. The molecular weight excluding hydrogens is 318 g/mol. The van der Waals surface area contributed by atoms with Gasteiger partial charge < -0.3 is 15.2 Å². The summed E-state index contributed by atoms with van der Waals surface area (Å²) in [6.45, 7) is 7.68. The lowest BCUT2D eigenvalue weighted by molar-refractivity contribution is -0.121. The molecule has 1 aliphatic rings. The topological polar surface area (TPSA) is 86.2 Å².